The normalized spacial score (nSPS) is 21.9. The Kier molecular flexibility index (Phi) is 6.40. The van der Waals surface area contributed by atoms with E-state index in [0.29, 0.717) is 43.1 Å². The number of allylic oxidation sites excluding steroid dienone is 4. The van der Waals surface area contributed by atoms with Crippen LogP contribution >= 0.6 is 0 Å². The van der Waals surface area contributed by atoms with Gasteiger partial charge in [0, 0.05) is 25.6 Å². The quantitative estimate of drug-likeness (QED) is 0.533. The van der Waals surface area contributed by atoms with E-state index < -0.39 is 6.09 Å². The molecule has 0 spiro atoms. The molecule has 4 aliphatic rings. The van der Waals surface area contributed by atoms with Crippen molar-refractivity contribution < 1.29 is 28.5 Å². The first-order valence-corrected chi connectivity index (χ1v) is 12.4. The summed E-state index contributed by atoms with van der Waals surface area (Å²) >= 11 is 0. The molecule has 2 fully saturated rings. The van der Waals surface area contributed by atoms with Crippen molar-refractivity contribution in [3.8, 4) is 11.6 Å². The Bertz CT molecular complexity index is 1310. The number of ether oxygens (including phenoxy) is 5. The van der Waals surface area contributed by atoms with Crippen LogP contribution in [0, 0.1) is 5.92 Å². The topological polar surface area (TPSA) is 95.5 Å². The van der Waals surface area contributed by atoms with Crippen LogP contribution in [0.15, 0.2) is 72.5 Å². The summed E-state index contributed by atoms with van der Waals surface area (Å²) in [6, 6.07) is 5.64. The summed E-state index contributed by atoms with van der Waals surface area (Å²) in [5.74, 6) is 2.63. The zero-order valence-corrected chi connectivity index (χ0v) is 20.5. The van der Waals surface area contributed by atoms with Gasteiger partial charge in [0.2, 0.25) is 11.8 Å². The largest absolute Gasteiger partial charge is 0.497 e. The Balaban J connectivity index is 0.980. The molecule has 0 N–H and O–H groups in total. The molecule has 1 amide bonds. The second-order valence-corrected chi connectivity index (χ2v) is 9.41. The van der Waals surface area contributed by atoms with Gasteiger partial charge in [-0.2, -0.15) is 0 Å². The third kappa shape index (κ3) is 4.97. The molecule has 1 aliphatic carbocycles. The average molecular weight is 505 g/mol. The minimum absolute atomic E-state index is 0.247. The van der Waals surface area contributed by atoms with Crippen LogP contribution in [0.2, 0.25) is 0 Å². The van der Waals surface area contributed by atoms with Crippen LogP contribution < -0.4 is 9.47 Å². The monoisotopic (exact) mass is 504 g/mol. The van der Waals surface area contributed by atoms with Gasteiger partial charge in [0.05, 0.1) is 31.2 Å². The van der Waals surface area contributed by atoms with Crippen molar-refractivity contribution in [2.45, 2.75) is 18.9 Å². The summed E-state index contributed by atoms with van der Waals surface area (Å²) in [5, 5.41) is 0.827. The van der Waals surface area contributed by atoms with Crippen molar-refractivity contribution >= 4 is 17.0 Å². The number of cyclic esters (lactones) is 1. The molecule has 1 aromatic heterocycles. The number of fused-ring (bicyclic) bond motifs is 1. The lowest BCUT2D eigenvalue weighted by Gasteiger charge is -2.39. The lowest BCUT2D eigenvalue weighted by atomic mass is 10.0. The highest BCUT2D eigenvalue weighted by atomic mass is 16.6. The summed E-state index contributed by atoms with van der Waals surface area (Å²) in [5.41, 5.74) is 1.85. The number of carbonyl (C=O) groups is 1. The fourth-order valence-corrected chi connectivity index (χ4v) is 4.85. The molecule has 4 heterocycles. The molecule has 0 unspecified atom stereocenters. The second kappa shape index (κ2) is 10.1. The highest BCUT2D eigenvalue weighted by molar-refractivity contribution is 5.84. The number of rotatable bonds is 8. The number of benzene rings is 1. The van der Waals surface area contributed by atoms with Crippen LogP contribution in [0.4, 0.5) is 4.79 Å². The average Bonchev–Trinajstić information content (AvgIpc) is 3.30. The molecule has 3 aliphatic heterocycles. The molecule has 2 saturated heterocycles. The molecule has 10 heteroatoms. The third-order valence-electron chi connectivity index (χ3n) is 6.79. The zero-order chi connectivity index (χ0) is 25.2. The van der Waals surface area contributed by atoms with Gasteiger partial charge in [-0.1, -0.05) is 18.2 Å². The lowest BCUT2D eigenvalue weighted by Crippen LogP contribution is -2.52. The van der Waals surface area contributed by atoms with Gasteiger partial charge >= 0.3 is 6.09 Å². The third-order valence-corrected chi connectivity index (χ3v) is 6.79. The number of hydrogen-bond acceptors (Lipinski definition) is 9. The molecule has 0 bridgehead atoms. The Hall–Kier alpha value is -4.05. The standard InChI is InChI=1S/C27H28N4O6/c1-33-20-7-8-23-22(9-20)26(29-17-28-23)35-14-18-10-30(11-18)12-21-13-31(27(32)36-21)25-16-34-15-24(37-25)19-5-3-2-4-6-19/h2-3,5,7-9,15-18,21H,4,6,10-14H2,1H3/t21-/m1/s1. The molecule has 6 rings (SSSR count). The minimum atomic E-state index is -0.426. The Morgan fingerprint density at radius 1 is 1.16 bits per heavy atom. The van der Waals surface area contributed by atoms with Gasteiger partial charge in [-0.25, -0.2) is 19.7 Å². The van der Waals surface area contributed by atoms with Crippen molar-refractivity contribution in [1.29, 1.82) is 0 Å². The molecule has 192 valence electrons. The van der Waals surface area contributed by atoms with Crippen LogP contribution in [-0.2, 0) is 14.2 Å². The second-order valence-electron chi connectivity index (χ2n) is 9.41. The number of likely N-dealkylation sites (tertiary alicyclic amines) is 1. The summed E-state index contributed by atoms with van der Waals surface area (Å²) in [4.78, 5) is 24.9. The van der Waals surface area contributed by atoms with Crippen LogP contribution in [0.1, 0.15) is 12.8 Å². The van der Waals surface area contributed by atoms with Crippen LogP contribution in [-0.4, -0.2) is 71.9 Å². The van der Waals surface area contributed by atoms with E-state index in [4.69, 9.17) is 23.7 Å². The molecule has 2 aromatic rings. The fourth-order valence-electron chi connectivity index (χ4n) is 4.85. The summed E-state index contributed by atoms with van der Waals surface area (Å²) in [7, 11) is 1.63. The maximum Gasteiger partial charge on any atom is 0.417 e. The van der Waals surface area contributed by atoms with Crippen LogP contribution in [0.3, 0.4) is 0 Å². The van der Waals surface area contributed by atoms with Gasteiger partial charge in [0.25, 0.3) is 0 Å². The van der Waals surface area contributed by atoms with Crippen molar-refractivity contribution in [2.75, 3.05) is 39.9 Å². The van der Waals surface area contributed by atoms with Crippen molar-refractivity contribution in [2.24, 2.45) is 5.92 Å². The molecule has 0 saturated carbocycles. The number of carbonyl (C=O) groups excluding carboxylic acids is 1. The first-order chi connectivity index (χ1) is 18.2. The van der Waals surface area contributed by atoms with E-state index in [9.17, 15) is 4.79 Å². The maximum absolute atomic E-state index is 12.6. The van der Waals surface area contributed by atoms with Crippen molar-refractivity contribution in [3.05, 3.63) is 72.5 Å². The molecule has 37 heavy (non-hydrogen) atoms. The summed E-state index contributed by atoms with van der Waals surface area (Å²) < 4.78 is 28.4. The molecule has 1 aromatic carbocycles. The summed E-state index contributed by atoms with van der Waals surface area (Å²) in [6.07, 6.45) is 11.8. The summed E-state index contributed by atoms with van der Waals surface area (Å²) in [6.45, 7) is 3.33. The van der Waals surface area contributed by atoms with Crippen molar-refractivity contribution in [1.82, 2.24) is 19.8 Å². The predicted molar refractivity (Wildman–Crippen MR) is 133 cm³/mol. The smallest absolute Gasteiger partial charge is 0.417 e. The first kappa shape index (κ1) is 23.4. The number of aromatic nitrogens is 2. The first-order valence-electron chi connectivity index (χ1n) is 12.4. The number of hydrogen-bond donors (Lipinski definition) is 0. The molecule has 1 atom stereocenters. The van der Waals surface area contributed by atoms with E-state index in [1.54, 1.807) is 13.4 Å². The van der Waals surface area contributed by atoms with E-state index in [1.807, 2.05) is 30.4 Å². The maximum atomic E-state index is 12.6. The van der Waals surface area contributed by atoms with Gasteiger partial charge in [-0.05, 0) is 36.6 Å². The Morgan fingerprint density at radius 3 is 2.92 bits per heavy atom. The minimum Gasteiger partial charge on any atom is -0.497 e. The number of nitrogens with zero attached hydrogens (tertiary/aromatic N) is 4. The van der Waals surface area contributed by atoms with E-state index in [-0.39, 0.29) is 6.10 Å². The number of methoxy groups -OCH3 is 1. The van der Waals surface area contributed by atoms with E-state index in [0.717, 1.165) is 48.2 Å². The molecule has 10 nitrogen and oxygen atoms in total. The molecular formula is C27H28N4O6. The van der Waals surface area contributed by atoms with Gasteiger partial charge < -0.3 is 23.7 Å². The molecule has 0 radical (unpaired) electrons. The zero-order valence-electron chi connectivity index (χ0n) is 20.5. The Labute approximate surface area is 214 Å². The van der Waals surface area contributed by atoms with Crippen LogP contribution in [0.25, 0.3) is 10.9 Å². The highest BCUT2D eigenvalue weighted by Gasteiger charge is 2.39. The van der Waals surface area contributed by atoms with Gasteiger partial charge in [0.1, 0.15) is 24.4 Å². The van der Waals surface area contributed by atoms with E-state index in [2.05, 4.69) is 20.9 Å². The Morgan fingerprint density at radius 2 is 2.08 bits per heavy atom. The predicted octanol–water partition coefficient (Wildman–Crippen LogP) is 3.73. The van der Waals surface area contributed by atoms with Crippen LogP contribution in [0.5, 0.6) is 11.6 Å². The molecular weight excluding hydrogens is 476 g/mol. The van der Waals surface area contributed by atoms with E-state index in [1.165, 1.54) is 17.5 Å². The fraction of sp³-hybridized carbons (Fsp3) is 0.370. The van der Waals surface area contributed by atoms with Gasteiger partial charge in [0.15, 0.2) is 12.0 Å². The number of amides is 1. The van der Waals surface area contributed by atoms with Gasteiger partial charge in [-0.3, -0.25) is 4.90 Å². The highest BCUT2D eigenvalue weighted by Crippen LogP contribution is 2.31. The lowest BCUT2D eigenvalue weighted by molar-refractivity contribution is 0.0264. The van der Waals surface area contributed by atoms with E-state index >= 15 is 0 Å². The SMILES string of the molecule is COc1ccc2ncnc(OCC3CN(C[C@@H]4CN(C5=COC=C(C6=CC=CCC6)O5)C(=O)O4)C3)c2c1. The van der Waals surface area contributed by atoms with Gasteiger partial charge in [-0.15, -0.1) is 0 Å². The van der Waals surface area contributed by atoms with Crippen molar-refractivity contribution in [3.63, 3.8) is 0 Å².